The van der Waals surface area contributed by atoms with Crippen LogP contribution in [0.25, 0.3) is 0 Å². The maximum absolute atomic E-state index is 13.8. The topological polar surface area (TPSA) is 119 Å². The second-order valence-corrected chi connectivity index (χ2v) is 6.46. The summed E-state index contributed by atoms with van der Waals surface area (Å²) in [7, 11) is -2.72. The molecule has 25 heavy (non-hydrogen) atoms. The van der Waals surface area contributed by atoms with Crippen molar-refractivity contribution in [1.29, 1.82) is 5.26 Å². The van der Waals surface area contributed by atoms with Crippen LogP contribution in [0.4, 0.5) is 4.39 Å². The van der Waals surface area contributed by atoms with Gasteiger partial charge in [0.25, 0.3) is 0 Å². The Bertz CT molecular complexity index is 967. The number of carbonyl (C=O) groups is 1. The monoisotopic (exact) mass is 364 g/mol. The van der Waals surface area contributed by atoms with E-state index in [1.807, 2.05) is 0 Å². The zero-order valence-corrected chi connectivity index (χ0v) is 13.8. The minimum absolute atomic E-state index is 0.0638. The summed E-state index contributed by atoms with van der Waals surface area (Å²) in [5.74, 6) is -1.53. The van der Waals surface area contributed by atoms with Gasteiger partial charge in [0, 0.05) is 5.56 Å². The van der Waals surface area contributed by atoms with Gasteiger partial charge in [-0.25, -0.2) is 22.7 Å². The second-order valence-electron chi connectivity index (χ2n) is 4.90. The highest BCUT2D eigenvalue weighted by Crippen LogP contribution is 2.23. The van der Waals surface area contributed by atoms with Crippen LogP contribution in [-0.2, 0) is 21.4 Å². The molecule has 0 unspecified atom stereocenters. The van der Waals surface area contributed by atoms with Gasteiger partial charge in [-0.2, -0.15) is 5.26 Å². The number of hydrogen-bond acceptors (Lipinski definition) is 6. The van der Waals surface area contributed by atoms with Gasteiger partial charge < -0.3 is 9.47 Å². The molecule has 0 aromatic heterocycles. The van der Waals surface area contributed by atoms with Crippen LogP contribution < -0.4 is 9.88 Å². The largest absolute Gasteiger partial charge is 0.496 e. The van der Waals surface area contributed by atoms with E-state index in [0.29, 0.717) is 0 Å². The molecule has 7 nitrogen and oxygen atoms in total. The van der Waals surface area contributed by atoms with Crippen molar-refractivity contribution in [3.05, 3.63) is 58.9 Å². The summed E-state index contributed by atoms with van der Waals surface area (Å²) in [5, 5.41) is 13.7. The zero-order chi connectivity index (χ0) is 18.6. The number of halogens is 1. The van der Waals surface area contributed by atoms with Gasteiger partial charge in [0.15, 0.2) is 0 Å². The maximum Gasteiger partial charge on any atom is 0.342 e. The quantitative estimate of drug-likeness (QED) is 0.807. The highest BCUT2D eigenvalue weighted by atomic mass is 32.2. The molecule has 0 atom stereocenters. The summed E-state index contributed by atoms with van der Waals surface area (Å²) < 4.78 is 46.6. The van der Waals surface area contributed by atoms with Gasteiger partial charge >= 0.3 is 5.97 Å². The molecule has 2 rings (SSSR count). The normalized spacial score (nSPS) is 10.8. The van der Waals surface area contributed by atoms with Crippen molar-refractivity contribution in [2.24, 2.45) is 5.14 Å². The number of hydrogen-bond donors (Lipinski definition) is 1. The molecule has 0 amide bonds. The van der Waals surface area contributed by atoms with Crippen LogP contribution in [0.15, 0.2) is 41.3 Å². The lowest BCUT2D eigenvalue weighted by Gasteiger charge is -2.10. The van der Waals surface area contributed by atoms with Gasteiger partial charge in [-0.05, 0) is 30.3 Å². The van der Waals surface area contributed by atoms with E-state index < -0.39 is 28.4 Å². The number of nitriles is 1. The van der Waals surface area contributed by atoms with E-state index in [0.717, 1.165) is 12.1 Å². The van der Waals surface area contributed by atoms with Gasteiger partial charge in [0.05, 0.1) is 23.6 Å². The minimum Gasteiger partial charge on any atom is -0.496 e. The van der Waals surface area contributed by atoms with Crippen LogP contribution in [-0.4, -0.2) is 21.5 Å². The minimum atomic E-state index is -4.02. The third kappa shape index (κ3) is 4.32. The first-order valence-electron chi connectivity index (χ1n) is 6.82. The summed E-state index contributed by atoms with van der Waals surface area (Å²) in [4.78, 5) is 11.9. The molecule has 0 heterocycles. The molecule has 0 fully saturated rings. The van der Waals surface area contributed by atoms with Crippen molar-refractivity contribution in [1.82, 2.24) is 0 Å². The highest BCUT2D eigenvalue weighted by Gasteiger charge is 2.19. The molecule has 0 aliphatic rings. The lowest BCUT2D eigenvalue weighted by Crippen LogP contribution is -2.14. The van der Waals surface area contributed by atoms with Gasteiger partial charge in [-0.1, -0.05) is 6.07 Å². The van der Waals surface area contributed by atoms with Crippen LogP contribution in [0.3, 0.4) is 0 Å². The summed E-state index contributed by atoms with van der Waals surface area (Å²) in [6, 6.07) is 8.98. The number of methoxy groups -OCH3 is 1. The standard InChI is InChI=1S/C16H13FN2O5S/c1-23-15-5-4-12(25(19,21)22)7-13(15)16(20)24-9-11-3-2-10(8-18)6-14(11)17/h2-7H,9H2,1H3,(H2,19,21,22). The smallest absolute Gasteiger partial charge is 0.342 e. The fourth-order valence-corrected chi connectivity index (χ4v) is 2.52. The van der Waals surface area contributed by atoms with Crippen molar-refractivity contribution < 1.29 is 27.1 Å². The van der Waals surface area contributed by atoms with Crippen LogP contribution in [0.2, 0.25) is 0 Å². The molecule has 0 aliphatic heterocycles. The molecule has 2 aromatic carbocycles. The Morgan fingerprint density at radius 2 is 2.00 bits per heavy atom. The van der Waals surface area contributed by atoms with E-state index in [1.165, 1.54) is 31.4 Å². The Kier molecular flexibility index (Phi) is 5.36. The predicted octanol–water partition coefficient (Wildman–Crippen LogP) is 1.71. The number of primary sulfonamides is 1. The fourth-order valence-electron chi connectivity index (χ4n) is 1.98. The Morgan fingerprint density at radius 3 is 2.56 bits per heavy atom. The third-order valence-corrected chi connectivity index (χ3v) is 4.17. The van der Waals surface area contributed by atoms with Crippen molar-refractivity contribution in [3.63, 3.8) is 0 Å². The van der Waals surface area contributed by atoms with Crippen LogP contribution in [0, 0.1) is 17.1 Å². The summed E-state index contributed by atoms with van der Waals surface area (Å²) in [6.07, 6.45) is 0. The first-order chi connectivity index (χ1) is 11.8. The number of carbonyl (C=O) groups excluding carboxylic acids is 1. The molecule has 130 valence electrons. The number of rotatable bonds is 5. The molecule has 2 N–H and O–H groups in total. The van der Waals surface area contributed by atoms with Gasteiger partial charge in [-0.3, -0.25) is 0 Å². The number of esters is 1. The Morgan fingerprint density at radius 1 is 1.28 bits per heavy atom. The fraction of sp³-hybridized carbons (Fsp3) is 0.125. The first-order valence-corrected chi connectivity index (χ1v) is 8.37. The maximum atomic E-state index is 13.8. The Hall–Kier alpha value is -2.96. The second kappa shape index (κ2) is 7.29. The van der Waals surface area contributed by atoms with E-state index in [1.54, 1.807) is 6.07 Å². The predicted molar refractivity (Wildman–Crippen MR) is 84.6 cm³/mol. The lowest BCUT2D eigenvalue weighted by atomic mass is 10.1. The molecule has 0 bridgehead atoms. The SMILES string of the molecule is COc1ccc(S(N)(=O)=O)cc1C(=O)OCc1ccc(C#N)cc1F. The molecule has 0 saturated heterocycles. The Labute approximate surface area is 143 Å². The molecular formula is C16H13FN2O5S. The lowest BCUT2D eigenvalue weighted by molar-refractivity contribution is 0.0465. The van der Waals surface area contributed by atoms with Crippen LogP contribution >= 0.6 is 0 Å². The molecule has 0 saturated carbocycles. The van der Waals surface area contributed by atoms with E-state index in [4.69, 9.17) is 19.9 Å². The third-order valence-electron chi connectivity index (χ3n) is 3.26. The van der Waals surface area contributed by atoms with Crippen molar-refractivity contribution >= 4 is 16.0 Å². The van der Waals surface area contributed by atoms with Crippen molar-refractivity contribution in [3.8, 4) is 11.8 Å². The highest BCUT2D eigenvalue weighted by molar-refractivity contribution is 7.89. The summed E-state index contributed by atoms with van der Waals surface area (Å²) in [6.45, 7) is -0.404. The molecular weight excluding hydrogens is 351 g/mol. The van der Waals surface area contributed by atoms with Gasteiger partial charge in [0.2, 0.25) is 10.0 Å². The van der Waals surface area contributed by atoms with Crippen molar-refractivity contribution in [2.45, 2.75) is 11.5 Å². The number of benzene rings is 2. The number of nitrogens with two attached hydrogens (primary N) is 1. The number of nitrogens with zero attached hydrogens (tertiary/aromatic N) is 1. The van der Waals surface area contributed by atoms with Crippen LogP contribution in [0.5, 0.6) is 5.75 Å². The first kappa shape index (κ1) is 18.4. The zero-order valence-electron chi connectivity index (χ0n) is 13.0. The molecule has 9 heteroatoms. The molecule has 0 radical (unpaired) electrons. The van der Waals surface area contributed by atoms with Gasteiger partial charge in [0.1, 0.15) is 23.7 Å². The van der Waals surface area contributed by atoms with E-state index >= 15 is 0 Å². The van der Waals surface area contributed by atoms with E-state index in [-0.39, 0.29) is 27.3 Å². The van der Waals surface area contributed by atoms with Crippen molar-refractivity contribution in [2.75, 3.05) is 7.11 Å². The van der Waals surface area contributed by atoms with Gasteiger partial charge in [-0.15, -0.1) is 0 Å². The van der Waals surface area contributed by atoms with E-state index in [9.17, 15) is 17.6 Å². The Balaban J connectivity index is 2.25. The molecule has 2 aromatic rings. The number of sulfonamides is 1. The summed E-state index contributed by atoms with van der Waals surface area (Å²) in [5.41, 5.74) is 0.0343. The molecule has 0 spiro atoms. The van der Waals surface area contributed by atoms with Crippen LogP contribution in [0.1, 0.15) is 21.5 Å². The molecule has 0 aliphatic carbocycles. The summed E-state index contributed by atoms with van der Waals surface area (Å²) >= 11 is 0. The average molecular weight is 364 g/mol. The number of ether oxygens (including phenoxy) is 2. The van der Waals surface area contributed by atoms with E-state index in [2.05, 4.69) is 0 Å². The average Bonchev–Trinajstić information content (AvgIpc) is 2.58.